The zero-order valence-corrected chi connectivity index (χ0v) is 18.7. The SMILES string of the molecule is Cc1cc(-c2ccc3c(n2)N(C(=O)Nc2ccc4nn(C)cc4c2)C2CCCN3C2)ccn1. The maximum atomic E-state index is 13.6. The van der Waals surface area contributed by atoms with Gasteiger partial charge in [0.2, 0.25) is 0 Å². The largest absolute Gasteiger partial charge is 0.366 e. The van der Waals surface area contributed by atoms with Gasteiger partial charge in [-0.05, 0) is 62.2 Å². The van der Waals surface area contributed by atoms with E-state index < -0.39 is 0 Å². The summed E-state index contributed by atoms with van der Waals surface area (Å²) in [6.45, 7) is 3.79. The van der Waals surface area contributed by atoms with E-state index in [9.17, 15) is 4.79 Å². The Morgan fingerprint density at radius 3 is 2.94 bits per heavy atom. The van der Waals surface area contributed by atoms with Gasteiger partial charge in [-0.25, -0.2) is 9.78 Å². The Kier molecular flexibility index (Phi) is 4.53. The lowest BCUT2D eigenvalue weighted by Gasteiger charge is -2.45. The van der Waals surface area contributed by atoms with E-state index in [1.54, 1.807) is 10.9 Å². The summed E-state index contributed by atoms with van der Waals surface area (Å²) in [5.41, 5.74) is 5.45. The molecule has 2 amide bonds. The van der Waals surface area contributed by atoms with Gasteiger partial charge in [0.05, 0.1) is 22.9 Å². The van der Waals surface area contributed by atoms with Crippen LogP contribution in [-0.4, -0.2) is 44.9 Å². The van der Waals surface area contributed by atoms with Gasteiger partial charge in [0.1, 0.15) is 0 Å². The number of aryl methyl sites for hydroxylation is 2. The van der Waals surface area contributed by atoms with Gasteiger partial charge >= 0.3 is 6.03 Å². The van der Waals surface area contributed by atoms with Gasteiger partial charge < -0.3 is 10.2 Å². The van der Waals surface area contributed by atoms with Crippen LogP contribution in [0.15, 0.2) is 54.9 Å². The number of benzene rings is 1. The van der Waals surface area contributed by atoms with Crippen molar-refractivity contribution in [2.24, 2.45) is 7.05 Å². The van der Waals surface area contributed by atoms with Crippen LogP contribution in [-0.2, 0) is 7.05 Å². The van der Waals surface area contributed by atoms with Crippen LogP contribution >= 0.6 is 0 Å². The molecule has 3 aromatic heterocycles. The highest BCUT2D eigenvalue weighted by Crippen LogP contribution is 2.39. The molecule has 6 rings (SSSR count). The van der Waals surface area contributed by atoms with Gasteiger partial charge in [0.25, 0.3) is 0 Å². The number of pyridine rings is 2. The minimum Gasteiger partial charge on any atom is -0.366 e. The minimum atomic E-state index is -0.151. The summed E-state index contributed by atoms with van der Waals surface area (Å²) in [6.07, 6.45) is 5.76. The van der Waals surface area contributed by atoms with E-state index >= 15 is 0 Å². The molecule has 4 aromatic rings. The van der Waals surface area contributed by atoms with Gasteiger partial charge in [-0.1, -0.05) is 0 Å². The van der Waals surface area contributed by atoms with Crippen molar-refractivity contribution in [1.29, 1.82) is 0 Å². The third kappa shape index (κ3) is 3.47. The standard InChI is InChI=1S/C25H25N7O/c1-16-12-17(9-10-26-16)21-7-8-23-24(28-21)32(20-4-3-11-31(23)15-20)25(33)27-19-5-6-22-18(13-19)14-30(2)29-22/h5-10,12-14,20H,3-4,11,15H2,1-2H3,(H,27,33). The Morgan fingerprint density at radius 1 is 1.15 bits per heavy atom. The highest BCUT2D eigenvalue weighted by atomic mass is 16.2. The number of piperidine rings is 1. The zero-order valence-electron chi connectivity index (χ0n) is 18.7. The van der Waals surface area contributed by atoms with Crippen molar-refractivity contribution in [3.63, 3.8) is 0 Å². The van der Waals surface area contributed by atoms with Crippen LogP contribution in [0.5, 0.6) is 0 Å². The molecule has 2 bridgehead atoms. The molecule has 1 N–H and O–H groups in total. The molecular formula is C25H25N7O. The first-order valence-corrected chi connectivity index (χ1v) is 11.3. The number of carbonyl (C=O) groups is 1. The molecule has 8 heteroatoms. The Labute approximate surface area is 191 Å². The molecule has 1 saturated heterocycles. The number of aromatic nitrogens is 4. The predicted molar refractivity (Wildman–Crippen MR) is 130 cm³/mol. The van der Waals surface area contributed by atoms with Crippen molar-refractivity contribution in [1.82, 2.24) is 19.7 Å². The summed E-state index contributed by atoms with van der Waals surface area (Å²) in [5, 5.41) is 8.51. The summed E-state index contributed by atoms with van der Waals surface area (Å²) in [4.78, 5) is 27.1. The highest BCUT2D eigenvalue weighted by Gasteiger charge is 2.38. The molecule has 0 radical (unpaired) electrons. The van der Waals surface area contributed by atoms with E-state index in [4.69, 9.17) is 4.98 Å². The lowest BCUT2D eigenvalue weighted by atomic mass is 9.99. The first-order valence-electron chi connectivity index (χ1n) is 11.3. The predicted octanol–water partition coefficient (Wildman–Crippen LogP) is 4.36. The number of hydrogen-bond donors (Lipinski definition) is 1. The van der Waals surface area contributed by atoms with Gasteiger partial charge in [-0.2, -0.15) is 5.10 Å². The summed E-state index contributed by atoms with van der Waals surface area (Å²) in [6, 6.07) is 13.8. The van der Waals surface area contributed by atoms with Crippen LogP contribution in [0.1, 0.15) is 18.5 Å². The minimum absolute atomic E-state index is 0.0929. The number of urea groups is 1. The van der Waals surface area contributed by atoms with Gasteiger partial charge in [-0.15, -0.1) is 0 Å². The normalized spacial score (nSPS) is 17.2. The van der Waals surface area contributed by atoms with Crippen molar-refractivity contribution in [2.75, 3.05) is 28.2 Å². The average molecular weight is 440 g/mol. The topological polar surface area (TPSA) is 79.2 Å². The Balaban J connectivity index is 1.38. The highest BCUT2D eigenvalue weighted by molar-refractivity contribution is 6.05. The van der Waals surface area contributed by atoms with Crippen LogP contribution in [0.4, 0.5) is 22.0 Å². The van der Waals surface area contributed by atoms with Gasteiger partial charge in [-0.3, -0.25) is 14.6 Å². The van der Waals surface area contributed by atoms with Crippen LogP contribution in [0.2, 0.25) is 0 Å². The molecule has 2 aliphatic rings. The smallest absolute Gasteiger partial charge is 0.327 e. The first kappa shape index (κ1) is 19.7. The molecule has 1 aromatic carbocycles. The van der Waals surface area contributed by atoms with E-state index in [2.05, 4.69) is 26.4 Å². The molecule has 5 heterocycles. The van der Waals surface area contributed by atoms with E-state index in [0.717, 1.165) is 71.0 Å². The maximum absolute atomic E-state index is 13.6. The number of nitrogens with zero attached hydrogens (tertiary/aromatic N) is 6. The number of hydrogen-bond acceptors (Lipinski definition) is 5. The van der Waals surface area contributed by atoms with E-state index in [1.165, 1.54) is 0 Å². The van der Waals surface area contributed by atoms with Crippen LogP contribution in [0.25, 0.3) is 22.2 Å². The van der Waals surface area contributed by atoms with Gasteiger partial charge in [0.15, 0.2) is 5.82 Å². The number of fused-ring (bicyclic) bond motifs is 5. The molecule has 166 valence electrons. The molecule has 2 aliphatic heterocycles. The third-order valence-electron chi connectivity index (χ3n) is 6.47. The molecule has 1 atom stereocenters. The first-order chi connectivity index (χ1) is 16.0. The van der Waals surface area contributed by atoms with E-state index in [1.807, 2.05) is 61.5 Å². The van der Waals surface area contributed by atoms with Crippen LogP contribution in [0, 0.1) is 6.92 Å². The van der Waals surface area contributed by atoms with Crippen molar-refractivity contribution in [3.8, 4) is 11.3 Å². The van der Waals surface area contributed by atoms with Crippen molar-refractivity contribution in [2.45, 2.75) is 25.8 Å². The number of anilines is 3. The monoisotopic (exact) mass is 439 g/mol. The summed E-state index contributed by atoms with van der Waals surface area (Å²) in [7, 11) is 1.89. The van der Waals surface area contributed by atoms with E-state index in [0.29, 0.717) is 0 Å². The molecule has 33 heavy (non-hydrogen) atoms. The summed E-state index contributed by atoms with van der Waals surface area (Å²) in [5.74, 6) is 0.720. The van der Waals surface area contributed by atoms with Crippen LogP contribution in [0.3, 0.4) is 0 Å². The fourth-order valence-electron chi connectivity index (χ4n) is 4.96. The fraction of sp³-hybridized carbons (Fsp3) is 0.280. The molecule has 1 unspecified atom stereocenters. The second-order valence-electron chi connectivity index (χ2n) is 8.84. The summed E-state index contributed by atoms with van der Waals surface area (Å²) >= 11 is 0. The molecule has 0 saturated carbocycles. The quantitative estimate of drug-likeness (QED) is 0.502. The Hall–Kier alpha value is -3.94. The van der Waals surface area contributed by atoms with Gasteiger partial charge in [0, 0.05) is 54.9 Å². The summed E-state index contributed by atoms with van der Waals surface area (Å²) < 4.78 is 1.78. The maximum Gasteiger partial charge on any atom is 0.327 e. The molecule has 8 nitrogen and oxygen atoms in total. The zero-order chi connectivity index (χ0) is 22.5. The fourth-order valence-corrected chi connectivity index (χ4v) is 4.96. The number of rotatable bonds is 2. The number of carbonyl (C=O) groups excluding carboxylic acids is 1. The van der Waals surface area contributed by atoms with Crippen molar-refractivity contribution < 1.29 is 4.79 Å². The average Bonchev–Trinajstić information content (AvgIpc) is 3.18. The Bertz CT molecular complexity index is 1380. The third-order valence-corrected chi connectivity index (χ3v) is 6.47. The van der Waals surface area contributed by atoms with Crippen LogP contribution < -0.4 is 15.1 Å². The Morgan fingerprint density at radius 2 is 2.06 bits per heavy atom. The number of nitrogens with one attached hydrogen (secondary N) is 1. The second kappa shape index (κ2) is 7.58. The van der Waals surface area contributed by atoms with E-state index in [-0.39, 0.29) is 12.1 Å². The second-order valence-corrected chi connectivity index (χ2v) is 8.84. The number of amides is 2. The lowest BCUT2D eigenvalue weighted by molar-refractivity contribution is 0.252. The van der Waals surface area contributed by atoms with Crippen molar-refractivity contribution >= 4 is 34.1 Å². The molecule has 1 fully saturated rings. The molecular weight excluding hydrogens is 414 g/mol. The lowest BCUT2D eigenvalue weighted by Crippen LogP contribution is -2.56. The molecule has 0 spiro atoms. The molecule has 0 aliphatic carbocycles. The van der Waals surface area contributed by atoms with Crippen molar-refractivity contribution in [3.05, 3.63) is 60.6 Å².